The van der Waals surface area contributed by atoms with E-state index >= 15 is 0 Å². The van der Waals surface area contributed by atoms with Crippen LogP contribution in [0.1, 0.15) is 24.5 Å². The van der Waals surface area contributed by atoms with E-state index in [1.54, 1.807) is 0 Å². The van der Waals surface area contributed by atoms with Gasteiger partial charge in [0.15, 0.2) is 0 Å². The van der Waals surface area contributed by atoms with Gasteiger partial charge in [0.25, 0.3) is 0 Å². The summed E-state index contributed by atoms with van der Waals surface area (Å²) in [5, 5.41) is 3.39. The molecule has 0 bridgehead atoms. The summed E-state index contributed by atoms with van der Waals surface area (Å²) in [6, 6.07) is 8.58. The molecule has 1 aliphatic rings. The predicted octanol–water partition coefficient (Wildman–Crippen LogP) is 2.51. The standard InChI is InChI=1S/C14H21NO/c1-11-3-5-13(6-4-11)10-16-14-9-15-8-7-12(14)2/h3-6,12,14-15H,7-10H2,1-2H3. The van der Waals surface area contributed by atoms with Crippen molar-refractivity contribution >= 4 is 0 Å². The molecule has 1 N–H and O–H groups in total. The van der Waals surface area contributed by atoms with E-state index in [9.17, 15) is 0 Å². The van der Waals surface area contributed by atoms with E-state index in [1.165, 1.54) is 17.5 Å². The van der Waals surface area contributed by atoms with Crippen molar-refractivity contribution in [2.24, 2.45) is 5.92 Å². The number of ether oxygens (including phenoxy) is 1. The highest BCUT2D eigenvalue weighted by atomic mass is 16.5. The van der Waals surface area contributed by atoms with Gasteiger partial charge in [-0.15, -0.1) is 0 Å². The van der Waals surface area contributed by atoms with Gasteiger partial charge in [-0.3, -0.25) is 0 Å². The van der Waals surface area contributed by atoms with Gasteiger partial charge in [0, 0.05) is 6.54 Å². The fraction of sp³-hybridized carbons (Fsp3) is 0.571. The summed E-state index contributed by atoms with van der Waals surface area (Å²) in [6.07, 6.45) is 1.59. The Hall–Kier alpha value is -0.860. The van der Waals surface area contributed by atoms with Crippen LogP contribution in [0, 0.1) is 12.8 Å². The summed E-state index contributed by atoms with van der Waals surface area (Å²) in [5.74, 6) is 0.673. The van der Waals surface area contributed by atoms with Crippen LogP contribution in [0.4, 0.5) is 0 Å². The van der Waals surface area contributed by atoms with Crippen molar-refractivity contribution in [3.8, 4) is 0 Å². The molecule has 1 aliphatic heterocycles. The van der Waals surface area contributed by atoms with Gasteiger partial charge in [0.1, 0.15) is 0 Å². The van der Waals surface area contributed by atoms with Crippen molar-refractivity contribution in [1.82, 2.24) is 5.32 Å². The molecule has 0 saturated carbocycles. The van der Waals surface area contributed by atoms with Crippen LogP contribution in [-0.2, 0) is 11.3 Å². The van der Waals surface area contributed by atoms with Crippen LogP contribution >= 0.6 is 0 Å². The second kappa shape index (κ2) is 5.46. The van der Waals surface area contributed by atoms with Crippen LogP contribution in [0.25, 0.3) is 0 Å². The number of rotatable bonds is 3. The maximum Gasteiger partial charge on any atom is 0.0729 e. The number of hydrogen-bond acceptors (Lipinski definition) is 2. The summed E-state index contributed by atoms with van der Waals surface area (Å²) in [5.41, 5.74) is 2.57. The molecule has 0 amide bonds. The zero-order chi connectivity index (χ0) is 11.4. The fourth-order valence-corrected chi connectivity index (χ4v) is 2.07. The highest BCUT2D eigenvalue weighted by molar-refractivity contribution is 5.20. The molecule has 2 rings (SSSR count). The molecule has 1 fully saturated rings. The fourth-order valence-electron chi connectivity index (χ4n) is 2.07. The van der Waals surface area contributed by atoms with Gasteiger partial charge in [0.2, 0.25) is 0 Å². The zero-order valence-corrected chi connectivity index (χ0v) is 10.2. The van der Waals surface area contributed by atoms with Crippen LogP contribution in [-0.4, -0.2) is 19.2 Å². The van der Waals surface area contributed by atoms with Crippen LogP contribution in [0.5, 0.6) is 0 Å². The van der Waals surface area contributed by atoms with Gasteiger partial charge in [-0.1, -0.05) is 36.8 Å². The molecule has 0 aromatic heterocycles. The third-order valence-electron chi connectivity index (χ3n) is 3.34. The minimum absolute atomic E-state index is 0.370. The topological polar surface area (TPSA) is 21.3 Å². The molecular weight excluding hydrogens is 198 g/mol. The average molecular weight is 219 g/mol. The zero-order valence-electron chi connectivity index (χ0n) is 10.2. The molecule has 0 spiro atoms. The number of benzene rings is 1. The summed E-state index contributed by atoms with van der Waals surface area (Å²) < 4.78 is 5.96. The quantitative estimate of drug-likeness (QED) is 0.843. The van der Waals surface area contributed by atoms with E-state index in [4.69, 9.17) is 4.74 Å². The van der Waals surface area contributed by atoms with E-state index in [-0.39, 0.29) is 0 Å². The lowest BCUT2D eigenvalue weighted by atomic mass is 9.97. The molecule has 0 aliphatic carbocycles. The maximum absolute atomic E-state index is 5.96. The molecule has 1 aromatic carbocycles. The van der Waals surface area contributed by atoms with Crippen LogP contribution in [0.15, 0.2) is 24.3 Å². The highest BCUT2D eigenvalue weighted by Gasteiger charge is 2.21. The van der Waals surface area contributed by atoms with Crippen molar-refractivity contribution in [2.45, 2.75) is 33.0 Å². The summed E-state index contributed by atoms with van der Waals surface area (Å²) in [6.45, 7) is 7.24. The lowest BCUT2D eigenvalue weighted by molar-refractivity contribution is -0.00658. The van der Waals surface area contributed by atoms with Crippen molar-refractivity contribution in [2.75, 3.05) is 13.1 Å². The Morgan fingerprint density at radius 2 is 2.06 bits per heavy atom. The van der Waals surface area contributed by atoms with Gasteiger partial charge < -0.3 is 10.1 Å². The van der Waals surface area contributed by atoms with Crippen molar-refractivity contribution in [1.29, 1.82) is 0 Å². The molecule has 16 heavy (non-hydrogen) atoms. The first-order chi connectivity index (χ1) is 7.75. The molecule has 0 radical (unpaired) electrons. The predicted molar refractivity (Wildman–Crippen MR) is 66.4 cm³/mol. The molecule has 1 heterocycles. The first-order valence-corrected chi connectivity index (χ1v) is 6.13. The summed E-state index contributed by atoms with van der Waals surface area (Å²) in [7, 11) is 0. The normalized spacial score (nSPS) is 25.6. The average Bonchev–Trinajstić information content (AvgIpc) is 2.30. The SMILES string of the molecule is Cc1ccc(COC2CNCCC2C)cc1. The van der Waals surface area contributed by atoms with E-state index < -0.39 is 0 Å². The van der Waals surface area contributed by atoms with Gasteiger partial charge >= 0.3 is 0 Å². The van der Waals surface area contributed by atoms with Crippen molar-refractivity contribution in [3.63, 3.8) is 0 Å². The molecule has 2 nitrogen and oxygen atoms in total. The van der Waals surface area contributed by atoms with Gasteiger partial charge in [-0.05, 0) is 31.4 Å². The molecule has 2 unspecified atom stereocenters. The van der Waals surface area contributed by atoms with E-state index in [0.29, 0.717) is 12.0 Å². The monoisotopic (exact) mass is 219 g/mol. The Morgan fingerprint density at radius 1 is 1.31 bits per heavy atom. The van der Waals surface area contributed by atoms with Crippen molar-refractivity contribution < 1.29 is 4.74 Å². The lowest BCUT2D eigenvalue weighted by Gasteiger charge is -2.29. The highest BCUT2D eigenvalue weighted by Crippen LogP contribution is 2.16. The molecule has 2 heteroatoms. The summed E-state index contributed by atoms with van der Waals surface area (Å²) in [4.78, 5) is 0. The van der Waals surface area contributed by atoms with E-state index in [1.807, 2.05) is 0 Å². The van der Waals surface area contributed by atoms with Crippen LogP contribution < -0.4 is 5.32 Å². The maximum atomic E-state index is 5.96. The largest absolute Gasteiger partial charge is 0.372 e. The van der Waals surface area contributed by atoms with Gasteiger partial charge in [-0.25, -0.2) is 0 Å². The minimum Gasteiger partial charge on any atom is -0.372 e. The molecule has 1 aromatic rings. The third-order valence-corrected chi connectivity index (χ3v) is 3.34. The van der Waals surface area contributed by atoms with E-state index in [2.05, 4.69) is 43.4 Å². The molecular formula is C14H21NO. The first-order valence-electron chi connectivity index (χ1n) is 6.13. The molecule has 88 valence electrons. The van der Waals surface area contributed by atoms with Crippen LogP contribution in [0.3, 0.4) is 0 Å². The lowest BCUT2D eigenvalue weighted by Crippen LogP contribution is -2.40. The number of aryl methyl sites for hydroxylation is 1. The first kappa shape index (κ1) is 11.6. The molecule has 1 saturated heterocycles. The van der Waals surface area contributed by atoms with Crippen molar-refractivity contribution in [3.05, 3.63) is 35.4 Å². The number of piperidine rings is 1. The Bertz CT molecular complexity index is 320. The second-order valence-corrected chi connectivity index (χ2v) is 4.81. The van der Waals surface area contributed by atoms with Gasteiger partial charge in [0.05, 0.1) is 12.7 Å². The van der Waals surface area contributed by atoms with E-state index in [0.717, 1.165) is 19.7 Å². The summed E-state index contributed by atoms with van der Waals surface area (Å²) >= 11 is 0. The smallest absolute Gasteiger partial charge is 0.0729 e. The van der Waals surface area contributed by atoms with Crippen LogP contribution in [0.2, 0.25) is 0 Å². The number of hydrogen-bond donors (Lipinski definition) is 1. The molecule has 2 atom stereocenters. The Balaban J connectivity index is 1.84. The Morgan fingerprint density at radius 3 is 2.75 bits per heavy atom. The Labute approximate surface area is 98.0 Å². The van der Waals surface area contributed by atoms with Gasteiger partial charge in [-0.2, -0.15) is 0 Å². The second-order valence-electron chi connectivity index (χ2n) is 4.81. The Kier molecular flexibility index (Phi) is 3.97. The minimum atomic E-state index is 0.370. The number of nitrogens with one attached hydrogen (secondary N) is 1. The third kappa shape index (κ3) is 3.06.